The Balaban J connectivity index is 2.49. The fourth-order valence-corrected chi connectivity index (χ4v) is 2.33. The van der Waals surface area contributed by atoms with Crippen molar-refractivity contribution in [3.63, 3.8) is 0 Å². The Morgan fingerprint density at radius 2 is 1.95 bits per heavy atom. The average molecular weight is 259 g/mol. The molecule has 1 heterocycles. The lowest BCUT2D eigenvalue weighted by Gasteiger charge is -2.11. The Kier molecular flexibility index (Phi) is 3.90. The second-order valence-electron chi connectivity index (χ2n) is 4.82. The molecular formula is C15H21N3O. The molecule has 0 bridgehead atoms. The Morgan fingerprint density at radius 3 is 2.58 bits per heavy atom. The molecule has 2 aromatic rings. The van der Waals surface area contributed by atoms with E-state index in [1.807, 2.05) is 11.7 Å². The molecule has 0 radical (unpaired) electrons. The van der Waals surface area contributed by atoms with Crippen LogP contribution >= 0.6 is 0 Å². The van der Waals surface area contributed by atoms with Crippen LogP contribution in [0.1, 0.15) is 16.8 Å². The fraction of sp³-hybridized carbons (Fsp3) is 0.400. The minimum Gasteiger partial charge on any atom is -0.496 e. The van der Waals surface area contributed by atoms with E-state index in [-0.39, 0.29) is 0 Å². The van der Waals surface area contributed by atoms with Gasteiger partial charge in [-0.2, -0.15) is 5.10 Å². The predicted molar refractivity (Wildman–Crippen MR) is 77.4 cm³/mol. The third-order valence-electron chi connectivity index (χ3n) is 3.35. The molecule has 0 amide bonds. The first-order chi connectivity index (χ1) is 9.06. The first-order valence-electron chi connectivity index (χ1n) is 6.45. The number of rotatable bonds is 4. The van der Waals surface area contributed by atoms with E-state index in [2.05, 4.69) is 37.1 Å². The lowest BCUT2D eigenvalue weighted by Crippen LogP contribution is -2.03. The summed E-state index contributed by atoms with van der Waals surface area (Å²) in [6, 6.07) is 6.33. The van der Waals surface area contributed by atoms with Crippen molar-refractivity contribution in [3.8, 4) is 17.0 Å². The van der Waals surface area contributed by atoms with Crippen molar-refractivity contribution < 1.29 is 4.74 Å². The number of ether oxygens (including phenoxy) is 1. The fourth-order valence-electron chi connectivity index (χ4n) is 2.33. The summed E-state index contributed by atoms with van der Waals surface area (Å²) in [5.41, 5.74) is 11.2. The van der Waals surface area contributed by atoms with Gasteiger partial charge in [-0.3, -0.25) is 4.68 Å². The molecule has 0 fully saturated rings. The van der Waals surface area contributed by atoms with Gasteiger partial charge in [0.2, 0.25) is 0 Å². The second-order valence-corrected chi connectivity index (χ2v) is 4.82. The summed E-state index contributed by atoms with van der Waals surface area (Å²) in [4.78, 5) is 0. The quantitative estimate of drug-likeness (QED) is 0.916. The molecule has 2 rings (SSSR count). The molecule has 0 saturated heterocycles. The zero-order chi connectivity index (χ0) is 14.0. The molecule has 1 aromatic carbocycles. The first kappa shape index (κ1) is 13.6. The van der Waals surface area contributed by atoms with E-state index >= 15 is 0 Å². The van der Waals surface area contributed by atoms with E-state index in [0.717, 1.165) is 29.1 Å². The molecule has 0 aliphatic heterocycles. The van der Waals surface area contributed by atoms with Crippen LogP contribution in [-0.4, -0.2) is 23.4 Å². The van der Waals surface area contributed by atoms with E-state index in [1.165, 1.54) is 11.1 Å². The van der Waals surface area contributed by atoms with Crippen molar-refractivity contribution in [2.24, 2.45) is 12.8 Å². The predicted octanol–water partition coefficient (Wildman–Crippen LogP) is 2.21. The molecule has 4 nitrogen and oxygen atoms in total. The van der Waals surface area contributed by atoms with E-state index in [0.29, 0.717) is 6.54 Å². The van der Waals surface area contributed by atoms with Crippen molar-refractivity contribution in [2.45, 2.75) is 20.3 Å². The number of nitrogens with two attached hydrogens (primary N) is 1. The van der Waals surface area contributed by atoms with Crippen LogP contribution in [-0.2, 0) is 13.5 Å². The van der Waals surface area contributed by atoms with Crippen LogP contribution in [0.3, 0.4) is 0 Å². The summed E-state index contributed by atoms with van der Waals surface area (Å²) in [7, 11) is 3.67. The van der Waals surface area contributed by atoms with Gasteiger partial charge in [-0.25, -0.2) is 0 Å². The van der Waals surface area contributed by atoms with Gasteiger partial charge in [0.1, 0.15) is 5.75 Å². The van der Waals surface area contributed by atoms with Crippen LogP contribution in [0.5, 0.6) is 5.75 Å². The highest BCUT2D eigenvalue weighted by atomic mass is 16.5. The minimum atomic E-state index is 0.622. The van der Waals surface area contributed by atoms with Gasteiger partial charge in [-0.05, 0) is 49.7 Å². The van der Waals surface area contributed by atoms with Gasteiger partial charge in [0, 0.05) is 19.0 Å². The number of methoxy groups -OCH3 is 1. The van der Waals surface area contributed by atoms with Gasteiger partial charge < -0.3 is 10.5 Å². The maximum absolute atomic E-state index is 5.58. The van der Waals surface area contributed by atoms with Crippen LogP contribution < -0.4 is 10.5 Å². The van der Waals surface area contributed by atoms with Crippen molar-refractivity contribution in [1.29, 1.82) is 0 Å². The molecule has 0 saturated carbocycles. The SMILES string of the molecule is COc1cc(C)c(-c2cc(CCN)nn2C)cc1C. The summed E-state index contributed by atoms with van der Waals surface area (Å²) in [6.45, 7) is 4.77. The smallest absolute Gasteiger partial charge is 0.122 e. The van der Waals surface area contributed by atoms with Crippen molar-refractivity contribution in [3.05, 3.63) is 35.0 Å². The number of hydrogen-bond acceptors (Lipinski definition) is 3. The van der Waals surface area contributed by atoms with Crippen molar-refractivity contribution in [1.82, 2.24) is 9.78 Å². The molecule has 2 N–H and O–H groups in total. The van der Waals surface area contributed by atoms with Gasteiger partial charge in [-0.1, -0.05) is 0 Å². The van der Waals surface area contributed by atoms with Crippen LogP contribution in [0.2, 0.25) is 0 Å². The van der Waals surface area contributed by atoms with Crippen molar-refractivity contribution in [2.75, 3.05) is 13.7 Å². The molecule has 19 heavy (non-hydrogen) atoms. The third kappa shape index (κ3) is 2.63. The number of aromatic nitrogens is 2. The number of nitrogens with zero attached hydrogens (tertiary/aromatic N) is 2. The highest BCUT2D eigenvalue weighted by molar-refractivity contribution is 5.67. The van der Waals surface area contributed by atoms with Gasteiger partial charge in [0.15, 0.2) is 0 Å². The molecule has 0 aliphatic carbocycles. The maximum Gasteiger partial charge on any atom is 0.122 e. The Labute approximate surface area is 114 Å². The molecule has 1 aromatic heterocycles. The molecular weight excluding hydrogens is 238 g/mol. The second kappa shape index (κ2) is 5.45. The largest absolute Gasteiger partial charge is 0.496 e. The zero-order valence-corrected chi connectivity index (χ0v) is 12.0. The lowest BCUT2D eigenvalue weighted by molar-refractivity contribution is 0.411. The lowest BCUT2D eigenvalue weighted by atomic mass is 10.0. The Bertz CT molecular complexity index is 587. The summed E-state index contributed by atoms with van der Waals surface area (Å²) in [5, 5.41) is 4.50. The van der Waals surface area contributed by atoms with E-state index in [4.69, 9.17) is 10.5 Å². The summed E-state index contributed by atoms with van der Waals surface area (Å²) in [5.74, 6) is 0.922. The Morgan fingerprint density at radius 1 is 1.21 bits per heavy atom. The molecule has 0 aliphatic rings. The van der Waals surface area contributed by atoms with Gasteiger partial charge >= 0.3 is 0 Å². The first-order valence-corrected chi connectivity index (χ1v) is 6.45. The maximum atomic E-state index is 5.58. The summed E-state index contributed by atoms with van der Waals surface area (Å²) >= 11 is 0. The zero-order valence-electron chi connectivity index (χ0n) is 12.0. The topological polar surface area (TPSA) is 53.1 Å². The van der Waals surface area contributed by atoms with E-state index in [9.17, 15) is 0 Å². The van der Waals surface area contributed by atoms with Crippen LogP contribution in [0.15, 0.2) is 18.2 Å². The monoisotopic (exact) mass is 259 g/mol. The van der Waals surface area contributed by atoms with E-state index in [1.54, 1.807) is 7.11 Å². The number of hydrogen-bond donors (Lipinski definition) is 1. The number of aryl methyl sites for hydroxylation is 3. The Hall–Kier alpha value is -1.81. The summed E-state index contributed by atoms with van der Waals surface area (Å²) < 4.78 is 7.27. The van der Waals surface area contributed by atoms with Gasteiger partial charge in [0.05, 0.1) is 18.5 Å². The molecule has 0 unspecified atom stereocenters. The van der Waals surface area contributed by atoms with E-state index < -0.39 is 0 Å². The minimum absolute atomic E-state index is 0.622. The molecule has 0 spiro atoms. The number of benzene rings is 1. The highest BCUT2D eigenvalue weighted by Gasteiger charge is 2.12. The van der Waals surface area contributed by atoms with Crippen LogP contribution in [0.25, 0.3) is 11.3 Å². The van der Waals surface area contributed by atoms with Crippen LogP contribution in [0.4, 0.5) is 0 Å². The average Bonchev–Trinajstić information content (AvgIpc) is 2.73. The third-order valence-corrected chi connectivity index (χ3v) is 3.35. The highest BCUT2D eigenvalue weighted by Crippen LogP contribution is 2.30. The van der Waals surface area contributed by atoms with Gasteiger partial charge in [0.25, 0.3) is 0 Å². The van der Waals surface area contributed by atoms with Crippen LogP contribution in [0, 0.1) is 13.8 Å². The normalized spacial score (nSPS) is 10.8. The molecule has 0 atom stereocenters. The van der Waals surface area contributed by atoms with Crippen molar-refractivity contribution >= 4 is 0 Å². The molecule has 102 valence electrons. The standard InChI is InChI=1S/C15H21N3O/c1-10-8-15(19-4)11(2)7-13(10)14-9-12(5-6-16)17-18(14)3/h7-9H,5-6,16H2,1-4H3. The molecule has 4 heteroatoms. The summed E-state index contributed by atoms with van der Waals surface area (Å²) in [6.07, 6.45) is 0.808. The van der Waals surface area contributed by atoms with Gasteiger partial charge in [-0.15, -0.1) is 0 Å².